The van der Waals surface area contributed by atoms with Gasteiger partial charge in [0, 0.05) is 18.5 Å². The van der Waals surface area contributed by atoms with Crippen molar-refractivity contribution in [3.8, 4) is 11.4 Å². The fourth-order valence-corrected chi connectivity index (χ4v) is 1.75. The summed E-state index contributed by atoms with van der Waals surface area (Å²) in [5.74, 6) is -0.631. The number of tetrazole rings is 1. The van der Waals surface area contributed by atoms with Gasteiger partial charge in [0.15, 0.2) is 5.82 Å². The van der Waals surface area contributed by atoms with Crippen molar-refractivity contribution in [2.45, 2.75) is 25.6 Å². The Morgan fingerprint density at radius 2 is 1.90 bits per heavy atom. The number of carboxylic acids is 1. The molecular weight excluding hydrogens is 289 g/mol. The topological polar surface area (TPSA) is 80.9 Å². The summed E-state index contributed by atoms with van der Waals surface area (Å²) in [7, 11) is 0. The summed E-state index contributed by atoms with van der Waals surface area (Å²) >= 11 is 0. The molecule has 0 spiro atoms. The summed E-state index contributed by atoms with van der Waals surface area (Å²) in [6.07, 6.45) is -4.10. The number of carbonyl (C=O) groups is 1. The van der Waals surface area contributed by atoms with E-state index < -0.39 is 17.7 Å². The van der Waals surface area contributed by atoms with E-state index in [9.17, 15) is 18.0 Å². The van der Waals surface area contributed by atoms with Gasteiger partial charge in [0.05, 0.1) is 5.56 Å². The summed E-state index contributed by atoms with van der Waals surface area (Å²) in [6, 6.07) is 4.46. The van der Waals surface area contributed by atoms with Crippen LogP contribution in [0.15, 0.2) is 24.3 Å². The van der Waals surface area contributed by atoms with Crippen LogP contribution in [-0.4, -0.2) is 31.3 Å². The van der Waals surface area contributed by atoms with Crippen LogP contribution in [0.25, 0.3) is 11.4 Å². The lowest BCUT2D eigenvalue weighted by Gasteiger charge is -2.07. The Morgan fingerprint density at radius 3 is 2.48 bits per heavy atom. The Bertz CT molecular complexity index is 622. The molecule has 0 unspecified atom stereocenters. The molecule has 6 nitrogen and oxygen atoms in total. The van der Waals surface area contributed by atoms with Gasteiger partial charge in [0.25, 0.3) is 0 Å². The Morgan fingerprint density at radius 1 is 1.24 bits per heavy atom. The van der Waals surface area contributed by atoms with Crippen molar-refractivity contribution < 1.29 is 23.1 Å². The van der Waals surface area contributed by atoms with Crippen molar-refractivity contribution in [3.63, 3.8) is 0 Å². The molecule has 1 aromatic heterocycles. The summed E-state index contributed by atoms with van der Waals surface area (Å²) in [6.45, 7) is 0.273. The van der Waals surface area contributed by atoms with E-state index in [1.165, 1.54) is 16.8 Å². The van der Waals surface area contributed by atoms with Gasteiger partial charge in [-0.15, -0.1) is 5.10 Å². The van der Waals surface area contributed by atoms with Crippen molar-refractivity contribution in [2.75, 3.05) is 0 Å². The van der Waals surface area contributed by atoms with E-state index in [-0.39, 0.29) is 13.0 Å². The minimum atomic E-state index is -4.40. The van der Waals surface area contributed by atoms with Crippen LogP contribution in [0.1, 0.15) is 18.4 Å². The second-order valence-corrected chi connectivity index (χ2v) is 4.30. The first-order valence-electron chi connectivity index (χ1n) is 6.03. The first-order chi connectivity index (χ1) is 9.88. The predicted molar refractivity (Wildman–Crippen MR) is 65.1 cm³/mol. The standard InChI is InChI=1S/C12H11F3N4O2/c13-12(14,15)9-5-3-8(4-6-9)11-16-17-18-19(11)7-1-2-10(20)21/h3-6H,1-2,7H2,(H,20,21). The lowest BCUT2D eigenvalue weighted by Crippen LogP contribution is -2.06. The van der Waals surface area contributed by atoms with E-state index >= 15 is 0 Å². The number of aliphatic carboxylic acids is 1. The Kier molecular flexibility index (Phi) is 4.20. The summed E-state index contributed by atoms with van der Waals surface area (Å²) in [4.78, 5) is 10.4. The van der Waals surface area contributed by atoms with Crippen molar-refractivity contribution in [3.05, 3.63) is 29.8 Å². The molecule has 21 heavy (non-hydrogen) atoms. The summed E-state index contributed by atoms with van der Waals surface area (Å²) in [5.41, 5.74) is -0.320. The minimum Gasteiger partial charge on any atom is -0.481 e. The molecule has 0 aliphatic rings. The fourth-order valence-electron chi connectivity index (χ4n) is 1.75. The molecule has 1 aromatic carbocycles. The number of carboxylic acid groups (broad SMARTS) is 1. The van der Waals surface area contributed by atoms with E-state index in [2.05, 4.69) is 15.5 Å². The molecule has 0 amide bonds. The van der Waals surface area contributed by atoms with Gasteiger partial charge >= 0.3 is 12.1 Å². The van der Waals surface area contributed by atoms with Gasteiger partial charge in [0.2, 0.25) is 0 Å². The molecule has 1 heterocycles. The highest BCUT2D eigenvalue weighted by Crippen LogP contribution is 2.30. The Hall–Kier alpha value is -2.45. The van der Waals surface area contributed by atoms with E-state index in [1.807, 2.05) is 0 Å². The fraction of sp³-hybridized carbons (Fsp3) is 0.333. The monoisotopic (exact) mass is 300 g/mol. The average molecular weight is 300 g/mol. The minimum absolute atomic E-state index is 0.0354. The molecule has 0 bridgehead atoms. The number of benzene rings is 1. The zero-order chi connectivity index (χ0) is 15.5. The van der Waals surface area contributed by atoms with E-state index in [0.717, 1.165) is 12.1 Å². The Balaban J connectivity index is 2.15. The number of hydrogen-bond acceptors (Lipinski definition) is 4. The van der Waals surface area contributed by atoms with Crippen LogP contribution < -0.4 is 0 Å². The third-order valence-corrected chi connectivity index (χ3v) is 2.76. The van der Waals surface area contributed by atoms with E-state index in [0.29, 0.717) is 17.8 Å². The molecule has 0 aliphatic carbocycles. The summed E-state index contributed by atoms with van der Waals surface area (Å²) in [5, 5.41) is 19.5. The maximum absolute atomic E-state index is 12.5. The molecule has 9 heteroatoms. The van der Waals surface area contributed by atoms with Gasteiger partial charge in [-0.05, 0) is 29.0 Å². The van der Waals surface area contributed by atoms with Crippen LogP contribution in [0, 0.1) is 0 Å². The molecule has 2 aromatic rings. The van der Waals surface area contributed by atoms with Gasteiger partial charge in [-0.3, -0.25) is 4.79 Å². The second kappa shape index (κ2) is 5.90. The molecule has 1 N–H and O–H groups in total. The lowest BCUT2D eigenvalue weighted by atomic mass is 10.1. The number of nitrogens with zero attached hydrogens (tertiary/aromatic N) is 4. The number of halogens is 3. The van der Waals surface area contributed by atoms with Crippen LogP contribution in [0.3, 0.4) is 0 Å². The van der Waals surface area contributed by atoms with Gasteiger partial charge in [-0.1, -0.05) is 12.1 Å². The van der Waals surface area contributed by atoms with E-state index in [1.54, 1.807) is 0 Å². The number of aryl methyl sites for hydroxylation is 1. The molecule has 0 radical (unpaired) electrons. The van der Waals surface area contributed by atoms with Crippen LogP contribution >= 0.6 is 0 Å². The number of rotatable bonds is 5. The first-order valence-corrected chi connectivity index (χ1v) is 6.03. The maximum atomic E-state index is 12.5. The molecule has 0 saturated heterocycles. The van der Waals surface area contributed by atoms with Crippen molar-refractivity contribution >= 4 is 5.97 Å². The van der Waals surface area contributed by atoms with Crippen LogP contribution in [0.5, 0.6) is 0 Å². The predicted octanol–water partition coefficient (Wildman–Crippen LogP) is 2.22. The SMILES string of the molecule is O=C(O)CCCn1nnnc1-c1ccc(C(F)(F)F)cc1. The smallest absolute Gasteiger partial charge is 0.416 e. The second-order valence-electron chi connectivity index (χ2n) is 4.30. The maximum Gasteiger partial charge on any atom is 0.416 e. The Labute approximate surface area is 117 Å². The first kappa shape index (κ1) is 14.9. The largest absolute Gasteiger partial charge is 0.481 e. The van der Waals surface area contributed by atoms with Gasteiger partial charge in [-0.2, -0.15) is 13.2 Å². The highest BCUT2D eigenvalue weighted by atomic mass is 19.4. The molecule has 2 rings (SSSR count). The molecule has 0 atom stereocenters. The van der Waals surface area contributed by atoms with Crippen LogP contribution in [0.4, 0.5) is 13.2 Å². The van der Waals surface area contributed by atoms with Crippen molar-refractivity contribution in [1.29, 1.82) is 0 Å². The molecule has 112 valence electrons. The third-order valence-electron chi connectivity index (χ3n) is 2.76. The van der Waals surface area contributed by atoms with Crippen molar-refractivity contribution in [1.82, 2.24) is 20.2 Å². The summed E-state index contributed by atoms with van der Waals surface area (Å²) < 4.78 is 38.8. The quantitative estimate of drug-likeness (QED) is 0.915. The van der Waals surface area contributed by atoms with Gasteiger partial charge < -0.3 is 5.11 Å². The van der Waals surface area contributed by atoms with Gasteiger partial charge in [0.1, 0.15) is 0 Å². The highest BCUT2D eigenvalue weighted by Gasteiger charge is 2.30. The van der Waals surface area contributed by atoms with Crippen molar-refractivity contribution in [2.24, 2.45) is 0 Å². The zero-order valence-corrected chi connectivity index (χ0v) is 10.7. The third kappa shape index (κ3) is 3.77. The van der Waals surface area contributed by atoms with Gasteiger partial charge in [-0.25, -0.2) is 4.68 Å². The van der Waals surface area contributed by atoms with Crippen LogP contribution in [0.2, 0.25) is 0 Å². The number of alkyl halides is 3. The highest BCUT2D eigenvalue weighted by molar-refractivity contribution is 5.66. The molecular formula is C12H11F3N4O2. The number of hydrogen-bond donors (Lipinski definition) is 1. The number of aromatic nitrogens is 4. The average Bonchev–Trinajstić information content (AvgIpc) is 2.86. The van der Waals surface area contributed by atoms with Crippen LogP contribution in [-0.2, 0) is 17.5 Å². The molecule has 0 saturated carbocycles. The van der Waals surface area contributed by atoms with E-state index in [4.69, 9.17) is 5.11 Å². The normalized spacial score (nSPS) is 11.6. The molecule has 0 aliphatic heterocycles. The molecule has 0 fully saturated rings. The lowest BCUT2D eigenvalue weighted by molar-refractivity contribution is -0.138. The zero-order valence-electron chi connectivity index (χ0n) is 10.7.